The van der Waals surface area contributed by atoms with E-state index < -0.39 is 0 Å². The maximum absolute atomic E-state index is 3.59. The van der Waals surface area contributed by atoms with Gasteiger partial charge < -0.3 is 10.2 Å². The van der Waals surface area contributed by atoms with Crippen molar-refractivity contribution in [3.63, 3.8) is 0 Å². The van der Waals surface area contributed by atoms with Crippen molar-refractivity contribution < 1.29 is 0 Å². The van der Waals surface area contributed by atoms with Crippen LogP contribution in [0.5, 0.6) is 0 Å². The van der Waals surface area contributed by atoms with Crippen molar-refractivity contribution in [2.24, 2.45) is 0 Å². The molecule has 2 aliphatic heterocycles. The fraction of sp³-hybridized carbons (Fsp3) is 1.00. The first kappa shape index (κ1) is 12.7. The molecule has 1 N–H and O–H groups in total. The zero-order chi connectivity index (χ0) is 11.4. The Hall–Kier alpha value is 0.270. The van der Waals surface area contributed by atoms with E-state index in [0.29, 0.717) is 0 Å². The van der Waals surface area contributed by atoms with Crippen molar-refractivity contribution in [1.29, 1.82) is 0 Å². The van der Waals surface area contributed by atoms with E-state index in [-0.39, 0.29) is 0 Å². The minimum Gasteiger partial charge on any atom is -0.314 e. The fourth-order valence-electron chi connectivity index (χ4n) is 3.03. The third-order valence-electron chi connectivity index (χ3n) is 3.68. The number of nitrogens with one attached hydrogen (secondary N) is 1. The molecule has 2 saturated heterocycles. The van der Waals surface area contributed by atoms with Crippen molar-refractivity contribution >= 4 is 11.8 Å². The van der Waals surface area contributed by atoms with Crippen LogP contribution in [0.25, 0.3) is 0 Å². The van der Waals surface area contributed by atoms with Crippen LogP contribution in [-0.4, -0.2) is 47.6 Å². The molecule has 2 fully saturated rings. The van der Waals surface area contributed by atoms with Gasteiger partial charge in [0.15, 0.2) is 0 Å². The van der Waals surface area contributed by atoms with E-state index in [1.165, 1.54) is 51.9 Å². The second-order valence-electron chi connectivity index (χ2n) is 5.45. The van der Waals surface area contributed by atoms with E-state index in [0.717, 1.165) is 16.5 Å². The zero-order valence-electron chi connectivity index (χ0n) is 10.7. The Labute approximate surface area is 105 Å². The van der Waals surface area contributed by atoms with E-state index in [9.17, 15) is 0 Å². The van der Waals surface area contributed by atoms with E-state index in [1.807, 2.05) is 0 Å². The predicted molar refractivity (Wildman–Crippen MR) is 73.2 cm³/mol. The lowest BCUT2D eigenvalue weighted by atomic mass is 10.1. The van der Waals surface area contributed by atoms with Gasteiger partial charge in [-0.1, -0.05) is 13.8 Å². The van der Waals surface area contributed by atoms with Gasteiger partial charge in [0.2, 0.25) is 0 Å². The molecule has 16 heavy (non-hydrogen) atoms. The zero-order valence-corrected chi connectivity index (χ0v) is 11.6. The summed E-state index contributed by atoms with van der Waals surface area (Å²) in [5.41, 5.74) is 0. The molecule has 0 aliphatic carbocycles. The highest BCUT2D eigenvalue weighted by Gasteiger charge is 2.22. The number of rotatable bonds is 4. The molecule has 0 aromatic rings. The minimum absolute atomic E-state index is 0.827. The first-order chi connectivity index (χ1) is 7.74. The SMILES string of the molecule is CC1CN(CCCC2CCCN2)CC(C)S1. The summed E-state index contributed by atoms with van der Waals surface area (Å²) in [5, 5.41) is 5.24. The molecular formula is C13H26N2S. The quantitative estimate of drug-likeness (QED) is 0.814. The molecule has 3 unspecified atom stereocenters. The second kappa shape index (κ2) is 6.27. The molecule has 2 aliphatic rings. The largest absolute Gasteiger partial charge is 0.314 e. The highest BCUT2D eigenvalue weighted by atomic mass is 32.2. The lowest BCUT2D eigenvalue weighted by molar-refractivity contribution is 0.261. The van der Waals surface area contributed by atoms with Crippen LogP contribution in [0, 0.1) is 0 Å². The molecular weight excluding hydrogens is 216 g/mol. The first-order valence-electron chi connectivity index (χ1n) is 6.85. The van der Waals surface area contributed by atoms with Gasteiger partial charge >= 0.3 is 0 Å². The van der Waals surface area contributed by atoms with Gasteiger partial charge in [0.05, 0.1) is 0 Å². The summed E-state index contributed by atoms with van der Waals surface area (Å²) in [5.74, 6) is 0. The molecule has 2 nitrogen and oxygen atoms in total. The summed E-state index contributed by atoms with van der Waals surface area (Å²) in [6.07, 6.45) is 5.55. The van der Waals surface area contributed by atoms with Gasteiger partial charge in [-0.2, -0.15) is 11.8 Å². The van der Waals surface area contributed by atoms with Gasteiger partial charge in [-0.15, -0.1) is 0 Å². The summed E-state index contributed by atoms with van der Waals surface area (Å²) in [7, 11) is 0. The summed E-state index contributed by atoms with van der Waals surface area (Å²) in [4.78, 5) is 2.67. The molecule has 3 heteroatoms. The van der Waals surface area contributed by atoms with Crippen molar-refractivity contribution in [3.8, 4) is 0 Å². The van der Waals surface area contributed by atoms with Gasteiger partial charge in [-0.3, -0.25) is 0 Å². The van der Waals surface area contributed by atoms with Gasteiger partial charge in [-0.05, 0) is 38.8 Å². The Morgan fingerprint density at radius 3 is 2.62 bits per heavy atom. The maximum Gasteiger partial charge on any atom is 0.0149 e. The number of nitrogens with zero attached hydrogens (tertiary/aromatic N) is 1. The summed E-state index contributed by atoms with van der Waals surface area (Å²) in [6.45, 7) is 9.89. The second-order valence-corrected chi connectivity index (χ2v) is 7.33. The minimum atomic E-state index is 0.827. The third kappa shape index (κ3) is 3.94. The van der Waals surface area contributed by atoms with Crippen LogP contribution in [0.4, 0.5) is 0 Å². The molecule has 0 amide bonds. The lowest BCUT2D eigenvalue weighted by Crippen LogP contribution is -2.41. The standard InChI is InChI=1S/C13H26N2S/c1-11-9-15(10-12(2)16-11)8-4-6-13-5-3-7-14-13/h11-14H,3-10H2,1-2H3. The molecule has 2 rings (SSSR count). The van der Waals surface area contributed by atoms with Crippen LogP contribution in [0.3, 0.4) is 0 Å². The van der Waals surface area contributed by atoms with Crippen LogP contribution in [0.2, 0.25) is 0 Å². The molecule has 94 valence electrons. The number of hydrogen-bond donors (Lipinski definition) is 1. The normalized spacial score (nSPS) is 36.8. The Balaban J connectivity index is 1.61. The molecule has 0 aromatic heterocycles. The van der Waals surface area contributed by atoms with Gasteiger partial charge in [0, 0.05) is 29.6 Å². The van der Waals surface area contributed by atoms with E-state index in [4.69, 9.17) is 0 Å². The Morgan fingerprint density at radius 1 is 1.25 bits per heavy atom. The number of thioether (sulfide) groups is 1. The summed E-state index contributed by atoms with van der Waals surface area (Å²) >= 11 is 2.15. The van der Waals surface area contributed by atoms with Gasteiger partial charge in [0.1, 0.15) is 0 Å². The highest BCUT2D eigenvalue weighted by molar-refractivity contribution is 8.00. The van der Waals surface area contributed by atoms with Crippen molar-refractivity contribution in [1.82, 2.24) is 10.2 Å². The molecule has 0 spiro atoms. The fourth-order valence-corrected chi connectivity index (χ4v) is 4.42. The Morgan fingerprint density at radius 2 is 2.00 bits per heavy atom. The average molecular weight is 242 g/mol. The molecule has 2 heterocycles. The van der Waals surface area contributed by atoms with Crippen LogP contribution in [-0.2, 0) is 0 Å². The van der Waals surface area contributed by atoms with E-state index >= 15 is 0 Å². The van der Waals surface area contributed by atoms with Crippen molar-refractivity contribution in [2.75, 3.05) is 26.2 Å². The van der Waals surface area contributed by atoms with Gasteiger partial charge in [0.25, 0.3) is 0 Å². The maximum atomic E-state index is 3.59. The molecule has 0 radical (unpaired) electrons. The smallest absolute Gasteiger partial charge is 0.0149 e. The average Bonchev–Trinajstić information content (AvgIpc) is 2.69. The summed E-state index contributed by atoms with van der Waals surface area (Å²) < 4.78 is 0. The summed E-state index contributed by atoms with van der Waals surface area (Å²) in [6, 6.07) is 0.828. The lowest BCUT2D eigenvalue weighted by Gasteiger charge is -2.34. The molecule has 3 atom stereocenters. The van der Waals surface area contributed by atoms with Crippen LogP contribution in [0.1, 0.15) is 39.5 Å². The van der Waals surface area contributed by atoms with Gasteiger partial charge in [-0.25, -0.2) is 0 Å². The van der Waals surface area contributed by atoms with E-state index in [1.54, 1.807) is 0 Å². The Kier molecular flexibility index (Phi) is 4.98. The first-order valence-corrected chi connectivity index (χ1v) is 7.79. The van der Waals surface area contributed by atoms with E-state index in [2.05, 4.69) is 35.8 Å². The van der Waals surface area contributed by atoms with Crippen LogP contribution < -0.4 is 5.32 Å². The topological polar surface area (TPSA) is 15.3 Å². The molecule has 0 saturated carbocycles. The third-order valence-corrected chi connectivity index (χ3v) is 4.91. The van der Waals surface area contributed by atoms with Crippen molar-refractivity contribution in [3.05, 3.63) is 0 Å². The predicted octanol–water partition coefficient (Wildman–Crippen LogP) is 2.34. The van der Waals surface area contributed by atoms with Crippen LogP contribution in [0.15, 0.2) is 0 Å². The Bertz CT molecular complexity index is 194. The number of hydrogen-bond acceptors (Lipinski definition) is 3. The monoisotopic (exact) mass is 242 g/mol. The van der Waals surface area contributed by atoms with Crippen LogP contribution >= 0.6 is 11.8 Å². The molecule has 0 bridgehead atoms. The molecule has 0 aromatic carbocycles. The van der Waals surface area contributed by atoms with Crippen molar-refractivity contribution in [2.45, 2.75) is 56.1 Å². The highest BCUT2D eigenvalue weighted by Crippen LogP contribution is 2.24.